The number of halogens is 2. The van der Waals surface area contributed by atoms with E-state index in [1.807, 2.05) is 18.2 Å². The highest BCUT2D eigenvalue weighted by molar-refractivity contribution is 5.95. The third-order valence-electron chi connectivity index (χ3n) is 3.90. The predicted molar refractivity (Wildman–Crippen MR) is 94.2 cm³/mol. The largest absolute Gasteiger partial charge is 0.491 e. The molecule has 1 aliphatic rings. The number of amides is 1. The van der Waals surface area contributed by atoms with Gasteiger partial charge in [0, 0.05) is 18.3 Å². The van der Waals surface area contributed by atoms with Crippen LogP contribution < -0.4 is 15.4 Å². The summed E-state index contributed by atoms with van der Waals surface area (Å²) in [6.45, 7) is 2.85. The van der Waals surface area contributed by atoms with Gasteiger partial charge in [0.1, 0.15) is 0 Å². The first-order valence-electron chi connectivity index (χ1n) is 7.70. The van der Waals surface area contributed by atoms with E-state index in [0.29, 0.717) is 25.3 Å². The molecule has 0 fully saturated rings. The van der Waals surface area contributed by atoms with Gasteiger partial charge >= 0.3 is 0 Å². The number of benzene rings is 2. The minimum absolute atomic E-state index is 0. The molecule has 2 aromatic carbocycles. The van der Waals surface area contributed by atoms with E-state index in [9.17, 15) is 9.18 Å². The van der Waals surface area contributed by atoms with Gasteiger partial charge in [-0.05, 0) is 36.6 Å². The molecule has 0 spiro atoms. The minimum atomic E-state index is -0.480. The molecular weight excluding hydrogens is 331 g/mol. The van der Waals surface area contributed by atoms with Crippen LogP contribution in [-0.2, 0) is 17.8 Å². The van der Waals surface area contributed by atoms with Gasteiger partial charge in [-0.15, -0.1) is 12.4 Å². The Morgan fingerprint density at radius 3 is 2.75 bits per heavy atom. The lowest BCUT2D eigenvalue weighted by Crippen LogP contribution is -2.44. The molecule has 2 aromatic rings. The Morgan fingerprint density at radius 2 is 2.04 bits per heavy atom. The summed E-state index contributed by atoms with van der Waals surface area (Å²) in [6.07, 6.45) is 0.627. The second-order valence-electron chi connectivity index (χ2n) is 5.47. The van der Waals surface area contributed by atoms with Crippen molar-refractivity contribution in [1.29, 1.82) is 0 Å². The Bertz CT molecular complexity index is 724. The summed E-state index contributed by atoms with van der Waals surface area (Å²) in [5, 5.41) is 5.97. The molecule has 6 heteroatoms. The summed E-state index contributed by atoms with van der Waals surface area (Å²) in [6, 6.07) is 12.2. The fourth-order valence-corrected chi connectivity index (χ4v) is 2.72. The van der Waals surface area contributed by atoms with Gasteiger partial charge in [0.15, 0.2) is 11.6 Å². The highest BCUT2D eigenvalue weighted by Crippen LogP contribution is 2.22. The van der Waals surface area contributed by atoms with Gasteiger partial charge in [-0.2, -0.15) is 0 Å². The number of fused-ring (bicyclic) bond motifs is 1. The van der Waals surface area contributed by atoms with Gasteiger partial charge in [0.25, 0.3) is 0 Å². The summed E-state index contributed by atoms with van der Waals surface area (Å²) in [7, 11) is 0. The molecular formula is C18H20ClFN2O2. The molecule has 24 heavy (non-hydrogen) atoms. The lowest BCUT2D eigenvalue weighted by atomic mass is 9.95. The van der Waals surface area contributed by atoms with Crippen molar-refractivity contribution in [2.75, 3.05) is 11.9 Å². The lowest BCUT2D eigenvalue weighted by Gasteiger charge is -2.25. The van der Waals surface area contributed by atoms with Crippen LogP contribution in [0.25, 0.3) is 0 Å². The van der Waals surface area contributed by atoms with Gasteiger partial charge in [0.05, 0.1) is 12.6 Å². The SMILES string of the molecule is CCOc1ccc(NC(=O)C2Cc3ccccc3CN2)cc1F.Cl. The molecule has 1 atom stereocenters. The van der Waals surface area contributed by atoms with Crippen LogP contribution >= 0.6 is 12.4 Å². The molecule has 1 amide bonds. The third-order valence-corrected chi connectivity index (χ3v) is 3.90. The van der Waals surface area contributed by atoms with E-state index in [0.717, 1.165) is 0 Å². The first kappa shape index (κ1) is 18.2. The fraction of sp³-hybridized carbons (Fsp3) is 0.278. The van der Waals surface area contributed by atoms with Gasteiger partial charge in [-0.25, -0.2) is 4.39 Å². The highest BCUT2D eigenvalue weighted by Gasteiger charge is 2.24. The zero-order valence-electron chi connectivity index (χ0n) is 13.3. The average Bonchev–Trinajstić information content (AvgIpc) is 2.57. The molecule has 0 aliphatic carbocycles. The average molecular weight is 351 g/mol. The predicted octanol–water partition coefficient (Wildman–Crippen LogP) is 3.30. The van der Waals surface area contributed by atoms with E-state index in [1.165, 1.54) is 23.3 Å². The Labute approximate surface area is 146 Å². The maximum atomic E-state index is 13.8. The van der Waals surface area contributed by atoms with Crippen molar-refractivity contribution in [1.82, 2.24) is 5.32 Å². The number of carbonyl (C=O) groups excluding carboxylic acids is 1. The number of anilines is 1. The minimum Gasteiger partial charge on any atom is -0.491 e. The summed E-state index contributed by atoms with van der Waals surface area (Å²) < 4.78 is 19.0. The number of nitrogens with one attached hydrogen (secondary N) is 2. The molecule has 128 valence electrons. The van der Waals surface area contributed by atoms with Crippen molar-refractivity contribution in [3.63, 3.8) is 0 Å². The van der Waals surface area contributed by atoms with E-state index in [2.05, 4.69) is 16.7 Å². The van der Waals surface area contributed by atoms with Crippen molar-refractivity contribution in [2.45, 2.75) is 25.9 Å². The number of rotatable bonds is 4. The van der Waals surface area contributed by atoms with E-state index in [-0.39, 0.29) is 30.1 Å². The highest BCUT2D eigenvalue weighted by atomic mass is 35.5. The Kier molecular flexibility index (Phi) is 6.17. The molecule has 1 unspecified atom stereocenters. The molecule has 2 N–H and O–H groups in total. The molecule has 0 radical (unpaired) electrons. The standard InChI is InChI=1S/C18H19FN2O2.ClH/c1-2-23-17-8-7-14(10-15(17)19)21-18(22)16-9-12-5-3-4-6-13(12)11-20-16;/h3-8,10,16,20H,2,9,11H2,1H3,(H,21,22);1H. The molecule has 0 saturated heterocycles. The van der Waals surface area contributed by atoms with Crippen LogP contribution in [0.4, 0.5) is 10.1 Å². The monoisotopic (exact) mass is 350 g/mol. The lowest BCUT2D eigenvalue weighted by molar-refractivity contribution is -0.118. The Hall–Kier alpha value is -2.11. The van der Waals surface area contributed by atoms with Crippen LogP contribution in [0.2, 0.25) is 0 Å². The van der Waals surface area contributed by atoms with E-state index < -0.39 is 5.82 Å². The zero-order valence-corrected chi connectivity index (χ0v) is 14.2. The normalized spacial score (nSPS) is 15.8. The molecule has 1 aliphatic heterocycles. The molecule has 3 rings (SSSR count). The Morgan fingerprint density at radius 1 is 1.29 bits per heavy atom. The van der Waals surface area contributed by atoms with Crippen LogP contribution in [-0.4, -0.2) is 18.6 Å². The zero-order chi connectivity index (χ0) is 16.2. The number of carbonyl (C=O) groups is 1. The summed E-state index contributed by atoms with van der Waals surface area (Å²) in [4.78, 5) is 12.4. The maximum Gasteiger partial charge on any atom is 0.241 e. The van der Waals surface area contributed by atoms with Crippen LogP contribution in [0.15, 0.2) is 42.5 Å². The van der Waals surface area contributed by atoms with Crippen LogP contribution in [0.5, 0.6) is 5.75 Å². The number of ether oxygens (including phenoxy) is 1. The van der Waals surface area contributed by atoms with Crippen molar-refractivity contribution in [3.8, 4) is 5.75 Å². The topological polar surface area (TPSA) is 50.4 Å². The first-order valence-corrected chi connectivity index (χ1v) is 7.70. The summed E-state index contributed by atoms with van der Waals surface area (Å²) in [5.74, 6) is -0.454. The van der Waals surface area contributed by atoms with Gasteiger partial charge < -0.3 is 15.4 Å². The Balaban J connectivity index is 0.00000208. The molecule has 0 saturated carbocycles. The van der Waals surface area contributed by atoms with Gasteiger partial charge in [-0.3, -0.25) is 4.79 Å². The molecule has 1 heterocycles. The summed E-state index contributed by atoms with van der Waals surface area (Å²) in [5.41, 5.74) is 2.81. The number of hydrogen-bond acceptors (Lipinski definition) is 3. The molecule has 0 aromatic heterocycles. The number of hydrogen-bond donors (Lipinski definition) is 2. The van der Waals surface area contributed by atoms with Crippen LogP contribution in [0, 0.1) is 5.82 Å². The fourth-order valence-electron chi connectivity index (χ4n) is 2.72. The molecule has 4 nitrogen and oxygen atoms in total. The van der Waals surface area contributed by atoms with Crippen molar-refractivity contribution in [3.05, 3.63) is 59.4 Å². The van der Waals surface area contributed by atoms with E-state index in [4.69, 9.17) is 4.74 Å². The first-order chi connectivity index (χ1) is 11.2. The van der Waals surface area contributed by atoms with Crippen molar-refractivity contribution in [2.24, 2.45) is 0 Å². The van der Waals surface area contributed by atoms with Crippen LogP contribution in [0.1, 0.15) is 18.1 Å². The van der Waals surface area contributed by atoms with Crippen molar-refractivity contribution >= 4 is 24.0 Å². The maximum absolute atomic E-state index is 13.8. The second kappa shape index (κ2) is 8.13. The second-order valence-corrected chi connectivity index (χ2v) is 5.47. The third kappa shape index (κ3) is 4.04. The van der Waals surface area contributed by atoms with Crippen molar-refractivity contribution < 1.29 is 13.9 Å². The molecule has 0 bridgehead atoms. The van der Waals surface area contributed by atoms with E-state index >= 15 is 0 Å². The summed E-state index contributed by atoms with van der Waals surface area (Å²) >= 11 is 0. The van der Waals surface area contributed by atoms with Gasteiger partial charge in [-0.1, -0.05) is 24.3 Å². The van der Waals surface area contributed by atoms with Crippen LogP contribution in [0.3, 0.4) is 0 Å². The smallest absolute Gasteiger partial charge is 0.241 e. The van der Waals surface area contributed by atoms with Gasteiger partial charge in [0.2, 0.25) is 5.91 Å². The van der Waals surface area contributed by atoms with E-state index in [1.54, 1.807) is 13.0 Å². The quantitative estimate of drug-likeness (QED) is 0.889.